The van der Waals surface area contributed by atoms with Gasteiger partial charge in [0.1, 0.15) is 16.8 Å². The van der Waals surface area contributed by atoms with E-state index in [1.807, 2.05) is 0 Å². The number of carbonyl (C=O) groups is 1. The summed E-state index contributed by atoms with van der Waals surface area (Å²) in [5.74, 6) is -1.64. The molecule has 0 radical (unpaired) electrons. The van der Waals surface area contributed by atoms with Gasteiger partial charge in [-0.15, -0.1) is 0 Å². The highest BCUT2D eigenvalue weighted by atomic mass is 32.2. The van der Waals surface area contributed by atoms with E-state index in [9.17, 15) is 17.6 Å². The number of esters is 1. The number of nitrogen functional groups attached to an aromatic ring is 1. The predicted molar refractivity (Wildman–Crippen MR) is 72.0 cm³/mol. The first-order chi connectivity index (χ1) is 9.19. The molecule has 1 unspecified atom stereocenters. The van der Waals surface area contributed by atoms with E-state index in [0.29, 0.717) is 0 Å². The topological polar surface area (TPSA) is 98.5 Å². The molecular weight excluding hydrogens is 287 g/mol. The SMILES string of the molecule is CCOC(=O)C(C)NS(=O)(=O)c1cc(N)cc(C)c1F. The molecule has 3 N–H and O–H groups in total. The lowest BCUT2D eigenvalue weighted by atomic mass is 10.2. The van der Waals surface area contributed by atoms with E-state index in [1.54, 1.807) is 6.92 Å². The summed E-state index contributed by atoms with van der Waals surface area (Å²) in [6, 6.07) is 1.20. The van der Waals surface area contributed by atoms with Crippen LogP contribution in [-0.2, 0) is 19.6 Å². The molecule has 1 aromatic rings. The first kappa shape index (κ1) is 16.4. The Morgan fingerprint density at radius 3 is 2.65 bits per heavy atom. The molecule has 1 aromatic carbocycles. The van der Waals surface area contributed by atoms with Crippen molar-refractivity contribution in [1.82, 2.24) is 4.72 Å². The lowest BCUT2D eigenvalue weighted by molar-refractivity contribution is -0.144. The second-order valence-electron chi connectivity index (χ2n) is 4.24. The quantitative estimate of drug-likeness (QED) is 0.623. The number of aryl methyl sites for hydroxylation is 1. The van der Waals surface area contributed by atoms with Crippen molar-refractivity contribution in [2.24, 2.45) is 0 Å². The molecule has 8 heteroatoms. The Hall–Kier alpha value is -1.67. The average Bonchev–Trinajstić information content (AvgIpc) is 2.33. The Bertz CT molecular complexity index is 616. The maximum atomic E-state index is 13.9. The van der Waals surface area contributed by atoms with E-state index in [-0.39, 0.29) is 17.9 Å². The van der Waals surface area contributed by atoms with Crippen LogP contribution in [0, 0.1) is 12.7 Å². The fourth-order valence-electron chi connectivity index (χ4n) is 1.57. The molecule has 0 aliphatic rings. The summed E-state index contributed by atoms with van der Waals surface area (Å²) in [4.78, 5) is 10.8. The van der Waals surface area contributed by atoms with E-state index in [2.05, 4.69) is 9.46 Å². The van der Waals surface area contributed by atoms with Gasteiger partial charge in [0.15, 0.2) is 0 Å². The average molecular weight is 304 g/mol. The van der Waals surface area contributed by atoms with Gasteiger partial charge in [-0.05, 0) is 38.5 Å². The van der Waals surface area contributed by atoms with Crippen LogP contribution in [0.3, 0.4) is 0 Å². The smallest absolute Gasteiger partial charge is 0.323 e. The number of sulfonamides is 1. The van der Waals surface area contributed by atoms with E-state index < -0.39 is 32.7 Å². The van der Waals surface area contributed by atoms with Crippen LogP contribution in [-0.4, -0.2) is 27.0 Å². The van der Waals surface area contributed by atoms with Crippen molar-refractivity contribution in [1.29, 1.82) is 0 Å². The van der Waals surface area contributed by atoms with Crippen LogP contribution in [0.15, 0.2) is 17.0 Å². The molecule has 6 nitrogen and oxygen atoms in total. The molecule has 0 aliphatic carbocycles. The molecule has 0 saturated carbocycles. The van der Waals surface area contributed by atoms with Crippen molar-refractivity contribution in [2.45, 2.75) is 31.7 Å². The highest BCUT2D eigenvalue weighted by Gasteiger charge is 2.26. The van der Waals surface area contributed by atoms with Crippen LogP contribution in [0.1, 0.15) is 19.4 Å². The Morgan fingerprint density at radius 1 is 1.50 bits per heavy atom. The van der Waals surface area contributed by atoms with Gasteiger partial charge in [0.25, 0.3) is 0 Å². The number of nitrogens with two attached hydrogens (primary N) is 1. The molecule has 0 aromatic heterocycles. The molecular formula is C12H17FN2O4S. The summed E-state index contributed by atoms with van der Waals surface area (Å²) in [7, 11) is -4.20. The van der Waals surface area contributed by atoms with Gasteiger partial charge >= 0.3 is 5.97 Å². The number of hydrogen-bond donors (Lipinski definition) is 2. The third-order valence-corrected chi connectivity index (χ3v) is 4.05. The number of benzene rings is 1. The van der Waals surface area contributed by atoms with Crippen molar-refractivity contribution in [3.8, 4) is 0 Å². The Kier molecular flexibility index (Phi) is 5.07. The minimum Gasteiger partial charge on any atom is -0.465 e. The van der Waals surface area contributed by atoms with Crippen LogP contribution in [0.2, 0.25) is 0 Å². The minimum atomic E-state index is -4.20. The number of hydrogen-bond acceptors (Lipinski definition) is 5. The third-order valence-electron chi connectivity index (χ3n) is 2.51. The number of carbonyl (C=O) groups excluding carboxylic acids is 1. The molecule has 0 fully saturated rings. The van der Waals surface area contributed by atoms with Gasteiger partial charge in [-0.25, -0.2) is 12.8 Å². The molecule has 0 aliphatic heterocycles. The first-order valence-corrected chi connectivity index (χ1v) is 7.42. The normalized spacial score (nSPS) is 13.0. The lowest BCUT2D eigenvalue weighted by Crippen LogP contribution is -2.39. The largest absolute Gasteiger partial charge is 0.465 e. The molecule has 0 amide bonds. The van der Waals surface area contributed by atoms with Gasteiger partial charge in [0.2, 0.25) is 10.0 Å². The van der Waals surface area contributed by atoms with Gasteiger partial charge in [-0.1, -0.05) is 0 Å². The summed E-state index contributed by atoms with van der Waals surface area (Å²) < 4.78 is 44.7. The molecule has 20 heavy (non-hydrogen) atoms. The van der Waals surface area contributed by atoms with E-state index in [4.69, 9.17) is 5.73 Å². The number of rotatable bonds is 5. The molecule has 1 atom stereocenters. The number of halogens is 1. The molecule has 0 spiro atoms. The summed E-state index contributed by atoms with van der Waals surface area (Å²) in [6.07, 6.45) is 0. The zero-order valence-electron chi connectivity index (χ0n) is 11.4. The van der Waals surface area contributed by atoms with Gasteiger partial charge in [-0.2, -0.15) is 4.72 Å². The number of ether oxygens (including phenoxy) is 1. The summed E-state index contributed by atoms with van der Waals surface area (Å²) in [5.41, 5.74) is 5.74. The van der Waals surface area contributed by atoms with Crippen molar-refractivity contribution in [2.75, 3.05) is 12.3 Å². The number of nitrogens with one attached hydrogen (secondary N) is 1. The Labute approximate surface area is 117 Å². The predicted octanol–water partition coefficient (Wildman–Crippen LogP) is 0.946. The van der Waals surface area contributed by atoms with Crippen molar-refractivity contribution in [3.05, 3.63) is 23.5 Å². The summed E-state index contributed by atoms with van der Waals surface area (Å²) in [6.45, 7) is 4.43. The van der Waals surface area contributed by atoms with Crippen LogP contribution in [0.4, 0.5) is 10.1 Å². The van der Waals surface area contributed by atoms with Gasteiger partial charge in [0, 0.05) is 5.69 Å². The van der Waals surface area contributed by atoms with Crippen LogP contribution in [0.5, 0.6) is 0 Å². The number of anilines is 1. The fraction of sp³-hybridized carbons (Fsp3) is 0.417. The zero-order chi connectivity index (χ0) is 15.5. The standard InChI is InChI=1S/C12H17FN2O4S/c1-4-19-12(16)8(3)15-20(17,18)10-6-9(14)5-7(2)11(10)13/h5-6,8,15H,4,14H2,1-3H3. The summed E-state index contributed by atoms with van der Waals surface area (Å²) >= 11 is 0. The van der Waals surface area contributed by atoms with Gasteiger partial charge in [0.05, 0.1) is 6.61 Å². The van der Waals surface area contributed by atoms with Crippen molar-refractivity contribution in [3.63, 3.8) is 0 Å². The Balaban J connectivity index is 3.09. The summed E-state index contributed by atoms with van der Waals surface area (Å²) in [5, 5.41) is 0. The lowest BCUT2D eigenvalue weighted by Gasteiger charge is -2.14. The highest BCUT2D eigenvalue weighted by Crippen LogP contribution is 2.21. The monoisotopic (exact) mass is 304 g/mol. The zero-order valence-corrected chi connectivity index (χ0v) is 12.3. The van der Waals surface area contributed by atoms with Crippen LogP contribution >= 0.6 is 0 Å². The van der Waals surface area contributed by atoms with Gasteiger partial charge in [-0.3, -0.25) is 4.79 Å². The molecule has 1 rings (SSSR count). The third kappa shape index (κ3) is 3.67. The second kappa shape index (κ2) is 6.19. The first-order valence-electron chi connectivity index (χ1n) is 5.93. The van der Waals surface area contributed by atoms with E-state index in [1.165, 1.54) is 19.9 Å². The Morgan fingerprint density at radius 2 is 2.10 bits per heavy atom. The van der Waals surface area contributed by atoms with E-state index in [0.717, 1.165) is 6.07 Å². The molecule has 0 bridgehead atoms. The van der Waals surface area contributed by atoms with E-state index >= 15 is 0 Å². The molecule has 112 valence electrons. The van der Waals surface area contributed by atoms with Crippen LogP contribution in [0.25, 0.3) is 0 Å². The second-order valence-corrected chi connectivity index (χ2v) is 5.93. The maximum absolute atomic E-state index is 13.9. The van der Waals surface area contributed by atoms with Crippen LogP contribution < -0.4 is 10.5 Å². The minimum absolute atomic E-state index is 0.106. The fourth-order valence-corrected chi connectivity index (χ4v) is 2.95. The van der Waals surface area contributed by atoms with Crippen molar-refractivity contribution >= 4 is 21.7 Å². The van der Waals surface area contributed by atoms with Gasteiger partial charge < -0.3 is 10.5 Å². The van der Waals surface area contributed by atoms with Crippen molar-refractivity contribution < 1.29 is 22.3 Å². The molecule has 0 saturated heterocycles. The maximum Gasteiger partial charge on any atom is 0.323 e. The highest BCUT2D eigenvalue weighted by molar-refractivity contribution is 7.89. The molecule has 0 heterocycles.